The third-order valence-corrected chi connectivity index (χ3v) is 6.54. The predicted octanol–water partition coefficient (Wildman–Crippen LogP) is 1.60. The standard InChI is InChI=1S/C23H32N6O2/c1-16-9-10-17(2)22-20(16)13-18(23(31)24-22)14-28(11-6-12-30)15-21-25-26-27-29(21)19-7-4-3-5-8-19/h9-10,13,19,30H,3-8,11-12,14-15H2,1-2H3,(H,24,31)/p+1. The van der Waals surface area contributed by atoms with Gasteiger partial charge >= 0.3 is 0 Å². The number of fused-ring (bicyclic) bond motifs is 1. The molecule has 0 saturated heterocycles. The Balaban J connectivity index is 1.60. The third kappa shape index (κ3) is 4.85. The van der Waals surface area contributed by atoms with Crippen LogP contribution in [0.25, 0.3) is 10.9 Å². The number of aliphatic hydroxyl groups excluding tert-OH is 1. The zero-order valence-corrected chi connectivity index (χ0v) is 18.5. The summed E-state index contributed by atoms with van der Waals surface area (Å²) >= 11 is 0. The molecular formula is C23H33N6O2+. The Labute approximate surface area is 182 Å². The van der Waals surface area contributed by atoms with Crippen LogP contribution in [0.3, 0.4) is 0 Å². The molecule has 3 aromatic rings. The molecule has 0 aliphatic heterocycles. The Morgan fingerprint density at radius 2 is 1.94 bits per heavy atom. The maximum absolute atomic E-state index is 12.9. The van der Waals surface area contributed by atoms with Crippen molar-refractivity contribution >= 4 is 10.9 Å². The van der Waals surface area contributed by atoms with Crippen molar-refractivity contribution in [1.82, 2.24) is 25.2 Å². The van der Waals surface area contributed by atoms with Gasteiger partial charge in [0.05, 0.1) is 23.7 Å². The van der Waals surface area contributed by atoms with Gasteiger partial charge in [-0.1, -0.05) is 31.4 Å². The molecule has 1 aliphatic carbocycles. The van der Waals surface area contributed by atoms with Crippen LogP contribution < -0.4 is 10.5 Å². The first-order valence-electron chi connectivity index (χ1n) is 11.4. The van der Waals surface area contributed by atoms with Gasteiger partial charge in [-0.05, 0) is 54.3 Å². The van der Waals surface area contributed by atoms with Crippen LogP contribution in [-0.4, -0.2) is 43.4 Å². The summed E-state index contributed by atoms with van der Waals surface area (Å²) in [6.45, 7) is 6.16. The average Bonchev–Trinajstić information content (AvgIpc) is 3.24. The van der Waals surface area contributed by atoms with Crippen molar-refractivity contribution in [3.63, 3.8) is 0 Å². The number of H-pyrrole nitrogens is 1. The molecule has 0 bridgehead atoms. The molecule has 0 spiro atoms. The minimum atomic E-state index is -0.0467. The van der Waals surface area contributed by atoms with E-state index in [0.29, 0.717) is 25.6 Å². The Morgan fingerprint density at radius 1 is 1.16 bits per heavy atom. The summed E-state index contributed by atoms with van der Waals surface area (Å²) in [6.07, 6.45) is 6.63. The Morgan fingerprint density at radius 3 is 2.71 bits per heavy atom. The van der Waals surface area contributed by atoms with Crippen molar-refractivity contribution in [3.05, 3.63) is 51.1 Å². The zero-order valence-electron chi connectivity index (χ0n) is 18.5. The van der Waals surface area contributed by atoms with Crippen LogP contribution in [0.15, 0.2) is 23.0 Å². The Kier molecular flexibility index (Phi) is 6.77. The van der Waals surface area contributed by atoms with Gasteiger partial charge in [-0.2, -0.15) is 0 Å². The number of benzene rings is 1. The molecule has 31 heavy (non-hydrogen) atoms. The SMILES string of the molecule is Cc1ccc(C)c2[nH]c(=O)c(C[NH+](CCCO)Cc3nnnn3C3CCCCC3)cc12. The van der Waals surface area contributed by atoms with Gasteiger partial charge in [-0.3, -0.25) is 4.79 Å². The van der Waals surface area contributed by atoms with E-state index < -0.39 is 0 Å². The smallest absolute Gasteiger partial charge is 0.257 e. The maximum atomic E-state index is 12.9. The largest absolute Gasteiger partial charge is 0.396 e. The monoisotopic (exact) mass is 425 g/mol. The molecule has 8 nitrogen and oxygen atoms in total. The second kappa shape index (κ2) is 9.70. The number of pyridine rings is 1. The van der Waals surface area contributed by atoms with Crippen LogP contribution in [0.4, 0.5) is 0 Å². The van der Waals surface area contributed by atoms with Crippen LogP contribution in [-0.2, 0) is 13.1 Å². The molecule has 2 aromatic heterocycles. The van der Waals surface area contributed by atoms with Gasteiger partial charge in [0, 0.05) is 18.4 Å². The molecule has 1 fully saturated rings. The second-order valence-corrected chi connectivity index (χ2v) is 8.87. The summed E-state index contributed by atoms with van der Waals surface area (Å²) in [6, 6.07) is 6.53. The summed E-state index contributed by atoms with van der Waals surface area (Å²) in [5, 5.41) is 23.0. The van der Waals surface area contributed by atoms with Gasteiger partial charge in [0.2, 0.25) is 5.82 Å². The minimum Gasteiger partial charge on any atom is -0.396 e. The number of aromatic amines is 1. The Bertz CT molecular complexity index is 1080. The lowest BCUT2D eigenvalue weighted by Crippen LogP contribution is -3.09. The lowest BCUT2D eigenvalue weighted by molar-refractivity contribution is -0.928. The van der Waals surface area contributed by atoms with Gasteiger partial charge in [0.25, 0.3) is 5.56 Å². The van der Waals surface area contributed by atoms with Gasteiger partial charge in [-0.25, -0.2) is 4.68 Å². The molecule has 8 heteroatoms. The Hall–Kier alpha value is -2.58. The summed E-state index contributed by atoms with van der Waals surface area (Å²) in [5.74, 6) is 0.865. The van der Waals surface area contributed by atoms with E-state index in [4.69, 9.17) is 0 Å². The quantitative estimate of drug-likeness (QED) is 0.509. The van der Waals surface area contributed by atoms with Gasteiger partial charge in [-0.15, -0.1) is 5.10 Å². The van der Waals surface area contributed by atoms with Gasteiger partial charge in [0.15, 0.2) is 0 Å². The van der Waals surface area contributed by atoms with Crippen LogP contribution in [0.1, 0.15) is 67.1 Å². The minimum absolute atomic E-state index is 0.0467. The fourth-order valence-electron chi connectivity index (χ4n) is 4.75. The fourth-order valence-corrected chi connectivity index (χ4v) is 4.75. The van der Waals surface area contributed by atoms with E-state index in [0.717, 1.165) is 52.8 Å². The highest BCUT2D eigenvalue weighted by molar-refractivity contribution is 5.85. The molecule has 0 radical (unpaired) electrons. The van der Waals surface area contributed by atoms with Crippen LogP contribution >= 0.6 is 0 Å². The van der Waals surface area contributed by atoms with Crippen molar-refractivity contribution in [2.45, 2.75) is 71.5 Å². The predicted molar refractivity (Wildman–Crippen MR) is 119 cm³/mol. The van der Waals surface area contributed by atoms with Crippen molar-refractivity contribution < 1.29 is 10.0 Å². The van der Waals surface area contributed by atoms with Crippen LogP contribution in [0.5, 0.6) is 0 Å². The zero-order chi connectivity index (χ0) is 21.8. The number of nitrogens with one attached hydrogen (secondary N) is 2. The van der Waals surface area contributed by atoms with Crippen molar-refractivity contribution in [1.29, 1.82) is 0 Å². The number of aliphatic hydroxyl groups is 1. The molecule has 0 amide bonds. The number of nitrogens with zero attached hydrogens (tertiary/aromatic N) is 4. The normalized spacial score (nSPS) is 16.1. The van der Waals surface area contributed by atoms with E-state index >= 15 is 0 Å². The van der Waals surface area contributed by atoms with Gasteiger partial charge < -0.3 is 15.0 Å². The molecule has 1 aromatic carbocycles. The maximum Gasteiger partial charge on any atom is 0.257 e. The average molecular weight is 426 g/mol. The van der Waals surface area contributed by atoms with Crippen molar-refractivity contribution in [2.75, 3.05) is 13.2 Å². The number of aromatic nitrogens is 5. The highest BCUT2D eigenvalue weighted by Crippen LogP contribution is 2.27. The number of tetrazole rings is 1. The number of rotatable bonds is 8. The lowest BCUT2D eigenvalue weighted by Gasteiger charge is -2.24. The van der Waals surface area contributed by atoms with E-state index in [1.165, 1.54) is 24.2 Å². The summed E-state index contributed by atoms with van der Waals surface area (Å²) in [5.41, 5.74) is 3.84. The third-order valence-electron chi connectivity index (χ3n) is 6.54. The van der Waals surface area contributed by atoms with Gasteiger partial charge in [0.1, 0.15) is 13.1 Å². The summed E-state index contributed by atoms with van der Waals surface area (Å²) in [7, 11) is 0. The molecule has 1 saturated carbocycles. The highest BCUT2D eigenvalue weighted by atomic mass is 16.3. The first-order valence-corrected chi connectivity index (χ1v) is 11.4. The number of hydrogen-bond donors (Lipinski definition) is 3. The topological polar surface area (TPSA) is 101 Å². The number of quaternary nitrogens is 1. The van der Waals surface area contributed by atoms with E-state index in [-0.39, 0.29) is 12.2 Å². The first-order chi connectivity index (χ1) is 15.1. The highest BCUT2D eigenvalue weighted by Gasteiger charge is 2.23. The molecule has 1 unspecified atom stereocenters. The van der Waals surface area contributed by atoms with E-state index in [1.54, 1.807) is 0 Å². The van der Waals surface area contributed by atoms with Crippen molar-refractivity contribution in [2.24, 2.45) is 0 Å². The number of hydrogen-bond acceptors (Lipinski definition) is 5. The van der Waals surface area contributed by atoms with Crippen molar-refractivity contribution in [3.8, 4) is 0 Å². The van der Waals surface area contributed by atoms with E-state index in [1.807, 2.05) is 23.7 Å². The molecule has 1 atom stereocenters. The molecule has 3 N–H and O–H groups in total. The van der Waals surface area contributed by atoms with E-state index in [2.05, 4.69) is 33.5 Å². The second-order valence-electron chi connectivity index (χ2n) is 8.87. The molecule has 166 valence electrons. The molecule has 2 heterocycles. The van der Waals surface area contributed by atoms with Crippen LogP contribution in [0.2, 0.25) is 0 Å². The van der Waals surface area contributed by atoms with Crippen LogP contribution in [0, 0.1) is 13.8 Å². The number of aryl methyl sites for hydroxylation is 2. The molecule has 4 rings (SSSR count). The van der Waals surface area contributed by atoms with E-state index in [9.17, 15) is 9.90 Å². The first kappa shape index (κ1) is 21.6. The molecular weight excluding hydrogens is 392 g/mol. The fraction of sp³-hybridized carbons (Fsp3) is 0.565. The summed E-state index contributed by atoms with van der Waals surface area (Å²) in [4.78, 5) is 17.1. The lowest BCUT2D eigenvalue weighted by atomic mass is 9.95. The summed E-state index contributed by atoms with van der Waals surface area (Å²) < 4.78 is 2.00. The molecule has 1 aliphatic rings.